The molecule has 1 saturated heterocycles. The van der Waals surface area contributed by atoms with Crippen molar-refractivity contribution < 1.29 is 0 Å². The molecule has 2 aromatic rings. The van der Waals surface area contributed by atoms with Crippen LogP contribution >= 0.6 is 0 Å². The Balaban J connectivity index is 1.64. The van der Waals surface area contributed by atoms with Crippen LogP contribution in [0, 0.1) is 5.92 Å². The maximum atomic E-state index is 12.7. The molecular formula is C21H26N4O. The molecule has 0 amide bonds. The van der Waals surface area contributed by atoms with Crippen molar-refractivity contribution in [3.63, 3.8) is 0 Å². The highest BCUT2D eigenvalue weighted by Crippen LogP contribution is 2.34. The lowest BCUT2D eigenvalue weighted by Gasteiger charge is -2.29. The molecule has 26 heavy (non-hydrogen) atoms. The van der Waals surface area contributed by atoms with Gasteiger partial charge >= 0.3 is 0 Å². The number of aromatic nitrogens is 3. The second-order valence-electron chi connectivity index (χ2n) is 8.12. The second kappa shape index (κ2) is 6.23. The Morgan fingerprint density at radius 1 is 1.23 bits per heavy atom. The number of aromatic amines is 1. The quantitative estimate of drug-likeness (QED) is 0.926. The van der Waals surface area contributed by atoms with Crippen LogP contribution in [0.1, 0.15) is 42.5 Å². The van der Waals surface area contributed by atoms with Gasteiger partial charge in [-0.25, -0.2) is 4.68 Å². The average Bonchev–Trinajstić information content (AvgIpc) is 2.92. The van der Waals surface area contributed by atoms with Crippen molar-refractivity contribution >= 4 is 16.6 Å². The van der Waals surface area contributed by atoms with Crippen LogP contribution in [-0.4, -0.2) is 39.8 Å². The topological polar surface area (TPSA) is 53.9 Å². The van der Waals surface area contributed by atoms with Gasteiger partial charge in [-0.2, -0.15) is 5.10 Å². The highest BCUT2D eigenvalue weighted by Gasteiger charge is 2.26. The van der Waals surface area contributed by atoms with Gasteiger partial charge in [0.25, 0.3) is 5.56 Å². The fourth-order valence-electron chi connectivity index (χ4n) is 4.84. The molecular weight excluding hydrogens is 324 g/mol. The molecule has 0 aromatic carbocycles. The van der Waals surface area contributed by atoms with E-state index in [0.717, 1.165) is 49.3 Å². The maximum Gasteiger partial charge on any atom is 0.253 e. The van der Waals surface area contributed by atoms with Crippen LogP contribution in [0.4, 0.5) is 0 Å². The van der Waals surface area contributed by atoms with Crippen molar-refractivity contribution in [1.29, 1.82) is 0 Å². The Bertz CT molecular complexity index is 978. The van der Waals surface area contributed by atoms with Gasteiger partial charge in [0.1, 0.15) is 11.3 Å². The number of likely N-dealkylation sites (tertiary alicyclic amines) is 1. The molecule has 0 spiro atoms. The number of fused-ring (bicyclic) bond motifs is 3. The molecule has 0 saturated carbocycles. The monoisotopic (exact) mass is 350 g/mol. The summed E-state index contributed by atoms with van der Waals surface area (Å²) < 4.78 is 2.08. The lowest BCUT2D eigenvalue weighted by atomic mass is 9.89. The smallest absolute Gasteiger partial charge is 0.253 e. The third-order valence-corrected chi connectivity index (χ3v) is 6.21. The van der Waals surface area contributed by atoms with Gasteiger partial charge in [-0.15, -0.1) is 0 Å². The van der Waals surface area contributed by atoms with E-state index >= 15 is 0 Å². The summed E-state index contributed by atoms with van der Waals surface area (Å²) in [6.45, 7) is 3.17. The number of nitrogens with zero attached hydrogens (tertiary/aromatic N) is 3. The SMILES string of the molecule is CN1CCCC(Cn2nc(C3=CC=C3)c3c4c(c(=O)[nH]c32)CCCC4)C1. The summed E-state index contributed by atoms with van der Waals surface area (Å²) in [5.74, 6) is 0.593. The standard InChI is InChI=1S/C21H26N4O/c1-24-11-5-6-14(12-24)13-25-20-18(19(23-25)15-7-4-8-15)16-9-2-3-10-17(16)21(26)22-20/h4,7-8,14H,2-3,5-6,9-13H2,1H3,(H,22,26). The van der Waals surface area contributed by atoms with Gasteiger partial charge in [0, 0.05) is 29.6 Å². The number of hydrogen-bond acceptors (Lipinski definition) is 3. The van der Waals surface area contributed by atoms with Crippen LogP contribution in [-0.2, 0) is 19.4 Å². The van der Waals surface area contributed by atoms with Gasteiger partial charge in [-0.3, -0.25) is 4.79 Å². The summed E-state index contributed by atoms with van der Waals surface area (Å²) in [4.78, 5) is 18.3. The van der Waals surface area contributed by atoms with E-state index in [-0.39, 0.29) is 5.56 Å². The average molecular weight is 350 g/mol. The van der Waals surface area contributed by atoms with Gasteiger partial charge in [0.2, 0.25) is 0 Å². The van der Waals surface area contributed by atoms with E-state index in [9.17, 15) is 4.79 Å². The van der Waals surface area contributed by atoms with Crippen molar-refractivity contribution in [2.24, 2.45) is 5.92 Å². The minimum atomic E-state index is 0.0961. The van der Waals surface area contributed by atoms with Gasteiger partial charge in [-0.1, -0.05) is 18.2 Å². The first kappa shape index (κ1) is 16.1. The van der Waals surface area contributed by atoms with Crippen molar-refractivity contribution in [2.45, 2.75) is 45.1 Å². The van der Waals surface area contributed by atoms with E-state index in [4.69, 9.17) is 5.10 Å². The third kappa shape index (κ3) is 2.57. The Morgan fingerprint density at radius 3 is 2.77 bits per heavy atom. The predicted octanol–water partition coefficient (Wildman–Crippen LogP) is 2.90. The van der Waals surface area contributed by atoms with E-state index in [0.29, 0.717) is 5.92 Å². The number of H-pyrrole nitrogens is 1. The highest BCUT2D eigenvalue weighted by atomic mass is 16.1. The third-order valence-electron chi connectivity index (χ3n) is 6.21. The lowest BCUT2D eigenvalue weighted by molar-refractivity contribution is 0.192. The molecule has 3 aliphatic rings. The molecule has 2 aliphatic carbocycles. The van der Waals surface area contributed by atoms with Crippen molar-refractivity contribution in [2.75, 3.05) is 20.1 Å². The minimum Gasteiger partial charge on any atom is -0.307 e. The van der Waals surface area contributed by atoms with Crippen LogP contribution in [0.3, 0.4) is 0 Å². The van der Waals surface area contributed by atoms with Crippen molar-refractivity contribution in [1.82, 2.24) is 19.7 Å². The molecule has 3 heterocycles. The van der Waals surface area contributed by atoms with Crippen LogP contribution in [0.2, 0.25) is 0 Å². The molecule has 1 aliphatic heterocycles. The Kier molecular flexibility index (Phi) is 3.85. The summed E-state index contributed by atoms with van der Waals surface area (Å²) in [5, 5.41) is 6.18. The minimum absolute atomic E-state index is 0.0961. The predicted molar refractivity (Wildman–Crippen MR) is 104 cm³/mol. The molecule has 1 fully saturated rings. The zero-order valence-electron chi connectivity index (χ0n) is 15.4. The van der Waals surface area contributed by atoms with Crippen LogP contribution in [0.15, 0.2) is 23.0 Å². The molecule has 5 rings (SSSR count). The van der Waals surface area contributed by atoms with Crippen LogP contribution in [0.25, 0.3) is 16.6 Å². The molecule has 5 heteroatoms. The first-order chi connectivity index (χ1) is 12.7. The summed E-state index contributed by atoms with van der Waals surface area (Å²) >= 11 is 0. The molecule has 1 N–H and O–H groups in total. The van der Waals surface area contributed by atoms with Crippen LogP contribution in [0.5, 0.6) is 0 Å². The Hall–Kier alpha value is -2.14. The largest absolute Gasteiger partial charge is 0.307 e. The summed E-state index contributed by atoms with van der Waals surface area (Å²) in [7, 11) is 2.20. The number of rotatable bonds is 3. The number of allylic oxidation sites excluding steroid dienone is 4. The van der Waals surface area contributed by atoms with Gasteiger partial charge in [0.05, 0.1) is 0 Å². The van der Waals surface area contributed by atoms with Crippen LogP contribution < -0.4 is 5.56 Å². The number of piperidine rings is 1. The molecule has 0 bridgehead atoms. The molecule has 136 valence electrons. The van der Waals surface area contributed by atoms with E-state index in [1.807, 2.05) is 0 Å². The zero-order valence-corrected chi connectivity index (χ0v) is 15.4. The molecule has 0 radical (unpaired) electrons. The van der Waals surface area contributed by atoms with E-state index < -0.39 is 0 Å². The second-order valence-corrected chi connectivity index (χ2v) is 8.12. The molecule has 5 nitrogen and oxygen atoms in total. The highest BCUT2D eigenvalue weighted by molar-refractivity contribution is 5.96. The number of hydrogen-bond donors (Lipinski definition) is 1. The summed E-state index contributed by atoms with van der Waals surface area (Å²) in [6, 6.07) is 0. The Labute approximate surface area is 153 Å². The first-order valence-corrected chi connectivity index (χ1v) is 9.92. The number of pyridine rings is 1. The Morgan fingerprint density at radius 2 is 2.04 bits per heavy atom. The lowest BCUT2D eigenvalue weighted by Crippen LogP contribution is -2.34. The van der Waals surface area contributed by atoms with Crippen molar-refractivity contribution in [3.05, 3.63) is 45.4 Å². The fraction of sp³-hybridized carbons (Fsp3) is 0.524. The maximum absolute atomic E-state index is 12.7. The molecule has 2 aromatic heterocycles. The fourth-order valence-corrected chi connectivity index (χ4v) is 4.84. The number of nitrogens with one attached hydrogen (secondary N) is 1. The van der Waals surface area contributed by atoms with Gasteiger partial charge < -0.3 is 9.88 Å². The number of aryl methyl sites for hydroxylation is 1. The van der Waals surface area contributed by atoms with Gasteiger partial charge in [-0.05, 0) is 63.6 Å². The van der Waals surface area contributed by atoms with E-state index in [1.54, 1.807) is 0 Å². The molecule has 1 unspecified atom stereocenters. The first-order valence-electron chi connectivity index (χ1n) is 9.92. The summed E-state index contributed by atoms with van der Waals surface area (Å²) in [6.07, 6.45) is 13.0. The van der Waals surface area contributed by atoms with E-state index in [1.165, 1.54) is 42.3 Å². The normalized spacial score (nSPS) is 23.0. The van der Waals surface area contributed by atoms with E-state index in [2.05, 4.69) is 39.8 Å². The summed E-state index contributed by atoms with van der Waals surface area (Å²) in [5.41, 5.74) is 5.51. The molecule has 1 atom stereocenters. The van der Waals surface area contributed by atoms with Gasteiger partial charge in [0.15, 0.2) is 0 Å². The van der Waals surface area contributed by atoms with Crippen molar-refractivity contribution in [3.8, 4) is 0 Å². The zero-order chi connectivity index (χ0) is 17.7.